The zero-order chi connectivity index (χ0) is 5.11. The first-order valence-electron chi connectivity index (χ1n) is 1.93. The molecule has 0 spiro atoms. The van der Waals surface area contributed by atoms with Crippen LogP contribution in [0, 0.1) is 17.5 Å². The summed E-state index contributed by atoms with van der Waals surface area (Å²) < 4.78 is 0. The largest absolute Gasteiger partial charge is 0.364 e. The normalized spacial score (nSPS) is 16.1. The van der Waals surface area contributed by atoms with Crippen LogP contribution in [0.4, 0.5) is 0 Å². The molecule has 0 atom stereocenters. The molecule has 3 nitrogen and oxygen atoms in total. The van der Waals surface area contributed by atoms with Crippen LogP contribution in [-0.4, -0.2) is 6.67 Å². The molecule has 1 heterocycles. The second-order valence-electron chi connectivity index (χ2n) is 1.14. The number of rotatable bonds is 0. The van der Waals surface area contributed by atoms with E-state index in [1.165, 1.54) is 0 Å². The van der Waals surface area contributed by atoms with Gasteiger partial charge in [-0.15, -0.1) is 0 Å². The summed E-state index contributed by atoms with van der Waals surface area (Å²) in [7, 11) is 0. The van der Waals surface area contributed by atoms with Crippen LogP contribution in [-0.2, 0) is 0 Å². The molecule has 0 aliphatic carbocycles. The number of nitrogens with one attached hydrogen (secondary N) is 2. The zero-order valence-corrected chi connectivity index (χ0v) is 3.65. The number of nitriles is 1. The summed E-state index contributed by atoms with van der Waals surface area (Å²) in [6.07, 6.45) is 2.60. The minimum atomic E-state index is 0.486. The highest BCUT2D eigenvalue weighted by molar-refractivity contribution is 5.16. The van der Waals surface area contributed by atoms with E-state index >= 15 is 0 Å². The van der Waals surface area contributed by atoms with Crippen LogP contribution in [0.2, 0.25) is 0 Å². The minimum Gasteiger partial charge on any atom is -0.364 e. The number of hydrogen-bond acceptors (Lipinski definition) is 3. The second kappa shape index (κ2) is 1.52. The van der Waals surface area contributed by atoms with Gasteiger partial charge in [0, 0.05) is 0 Å². The molecule has 1 aliphatic heterocycles. The molecule has 0 amide bonds. The molecule has 35 valence electrons. The maximum Gasteiger partial charge on any atom is 0.140 e. The fraction of sp³-hybridized carbons (Fsp3) is 0.250. The van der Waals surface area contributed by atoms with Crippen molar-refractivity contribution in [3.8, 4) is 6.07 Å². The summed E-state index contributed by atoms with van der Waals surface area (Å²) in [6, 6.07) is 1.90. The molecule has 2 N–H and O–H groups in total. The summed E-state index contributed by atoms with van der Waals surface area (Å²) in [4.78, 5) is 0. The zero-order valence-electron chi connectivity index (χ0n) is 3.65. The van der Waals surface area contributed by atoms with Crippen LogP contribution in [0.3, 0.4) is 0 Å². The van der Waals surface area contributed by atoms with Gasteiger partial charge in [0.1, 0.15) is 11.8 Å². The maximum absolute atomic E-state index is 8.11. The molecule has 1 radical (unpaired) electrons. The lowest BCUT2D eigenvalue weighted by atomic mass is 10.5. The highest BCUT2D eigenvalue weighted by Crippen LogP contribution is 1.84. The third-order valence-electron chi connectivity index (χ3n) is 0.679. The van der Waals surface area contributed by atoms with Gasteiger partial charge in [-0.3, -0.25) is 0 Å². The highest BCUT2D eigenvalue weighted by Gasteiger charge is 1.97. The standard InChI is InChI=1S/C4H4N3/c5-1-4-2-6-3-7-4/h6-7H,3H2. The molecular weight excluding hydrogens is 90.1 g/mol. The summed E-state index contributed by atoms with van der Waals surface area (Å²) >= 11 is 0. The summed E-state index contributed by atoms with van der Waals surface area (Å²) in [6.45, 7) is 0.628. The summed E-state index contributed by atoms with van der Waals surface area (Å²) in [5.74, 6) is 0. The molecular formula is C4H4N3. The van der Waals surface area contributed by atoms with E-state index in [4.69, 9.17) is 5.26 Å². The molecule has 0 fully saturated rings. The second-order valence-corrected chi connectivity index (χ2v) is 1.14. The van der Waals surface area contributed by atoms with Gasteiger partial charge in [0.15, 0.2) is 0 Å². The van der Waals surface area contributed by atoms with Crippen molar-refractivity contribution in [2.75, 3.05) is 6.67 Å². The minimum absolute atomic E-state index is 0.486. The Hall–Kier alpha value is -1.17. The van der Waals surface area contributed by atoms with E-state index in [2.05, 4.69) is 16.8 Å². The van der Waals surface area contributed by atoms with Gasteiger partial charge in [0.05, 0.1) is 12.9 Å². The van der Waals surface area contributed by atoms with Crippen LogP contribution in [0.1, 0.15) is 0 Å². The number of hydrogen-bond donors (Lipinski definition) is 2. The molecule has 7 heavy (non-hydrogen) atoms. The van der Waals surface area contributed by atoms with Crippen LogP contribution in [0.5, 0.6) is 0 Å². The predicted molar refractivity (Wildman–Crippen MR) is 23.5 cm³/mol. The lowest BCUT2D eigenvalue weighted by Gasteiger charge is -1.85. The van der Waals surface area contributed by atoms with Crippen molar-refractivity contribution in [1.29, 1.82) is 5.26 Å². The molecule has 0 bridgehead atoms. The Labute approximate surface area is 41.6 Å². The van der Waals surface area contributed by atoms with E-state index in [0.29, 0.717) is 12.4 Å². The molecule has 0 saturated heterocycles. The molecule has 1 aliphatic rings. The Morgan fingerprint density at radius 3 is 3.00 bits per heavy atom. The van der Waals surface area contributed by atoms with E-state index in [1.807, 2.05) is 6.07 Å². The van der Waals surface area contributed by atoms with E-state index < -0.39 is 0 Å². The quantitative estimate of drug-likeness (QED) is 0.417. The third kappa shape index (κ3) is 0.631. The Bertz CT molecular complexity index is 130. The first-order chi connectivity index (χ1) is 3.43. The Morgan fingerprint density at radius 2 is 2.71 bits per heavy atom. The van der Waals surface area contributed by atoms with Crippen molar-refractivity contribution in [2.45, 2.75) is 0 Å². The van der Waals surface area contributed by atoms with Crippen molar-refractivity contribution in [3.05, 3.63) is 11.9 Å². The maximum atomic E-state index is 8.11. The Balaban J connectivity index is 2.57. The fourth-order valence-corrected chi connectivity index (χ4v) is 0.377. The molecule has 1 rings (SSSR count). The Morgan fingerprint density at radius 1 is 1.86 bits per heavy atom. The van der Waals surface area contributed by atoms with Crippen molar-refractivity contribution in [3.63, 3.8) is 0 Å². The Kier molecular flexibility index (Phi) is 0.868. The third-order valence-corrected chi connectivity index (χ3v) is 0.679. The number of allylic oxidation sites excluding steroid dienone is 1. The van der Waals surface area contributed by atoms with Crippen molar-refractivity contribution in [2.24, 2.45) is 0 Å². The number of nitrogens with zero attached hydrogens (tertiary/aromatic N) is 1. The van der Waals surface area contributed by atoms with Crippen LogP contribution >= 0.6 is 0 Å². The smallest absolute Gasteiger partial charge is 0.140 e. The van der Waals surface area contributed by atoms with Crippen molar-refractivity contribution < 1.29 is 0 Å². The van der Waals surface area contributed by atoms with E-state index in [0.717, 1.165) is 0 Å². The SMILES string of the molecule is N#CC1=[C]NCN1. The van der Waals surface area contributed by atoms with Crippen LogP contribution in [0.25, 0.3) is 0 Å². The van der Waals surface area contributed by atoms with Gasteiger partial charge in [0.25, 0.3) is 0 Å². The molecule has 0 unspecified atom stereocenters. The lowest BCUT2D eigenvalue weighted by Crippen LogP contribution is -2.13. The topological polar surface area (TPSA) is 47.9 Å². The van der Waals surface area contributed by atoms with Crippen molar-refractivity contribution in [1.82, 2.24) is 10.6 Å². The average molecular weight is 94.1 g/mol. The molecule has 0 aromatic heterocycles. The molecule has 0 aromatic carbocycles. The van der Waals surface area contributed by atoms with Gasteiger partial charge >= 0.3 is 0 Å². The first kappa shape index (κ1) is 4.00. The van der Waals surface area contributed by atoms with E-state index in [-0.39, 0.29) is 0 Å². The van der Waals surface area contributed by atoms with Crippen LogP contribution < -0.4 is 10.6 Å². The lowest BCUT2D eigenvalue weighted by molar-refractivity contribution is 0.817. The van der Waals surface area contributed by atoms with Crippen LogP contribution in [0.15, 0.2) is 5.70 Å². The first-order valence-corrected chi connectivity index (χ1v) is 1.93. The van der Waals surface area contributed by atoms with E-state index in [1.54, 1.807) is 0 Å². The van der Waals surface area contributed by atoms with Gasteiger partial charge < -0.3 is 10.6 Å². The molecule has 3 heteroatoms. The molecule has 0 aromatic rings. The van der Waals surface area contributed by atoms with Gasteiger partial charge in [-0.25, -0.2) is 0 Å². The van der Waals surface area contributed by atoms with Gasteiger partial charge in [0.2, 0.25) is 0 Å². The van der Waals surface area contributed by atoms with Gasteiger partial charge in [-0.1, -0.05) is 0 Å². The van der Waals surface area contributed by atoms with Gasteiger partial charge in [-0.05, 0) is 0 Å². The summed E-state index contributed by atoms with van der Waals surface area (Å²) in [5.41, 5.74) is 0.486. The summed E-state index contributed by atoms with van der Waals surface area (Å²) in [5, 5.41) is 13.6. The monoisotopic (exact) mass is 94.0 g/mol. The average Bonchev–Trinajstić information content (AvgIpc) is 2.14. The van der Waals surface area contributed by atoms with E-state index in [9.17, 15) is 0 Å². The molecule has 0 saturated carbocycles. The highest BCUT2D eigenvalue weighted by atomic mass is 15.1. The fourth-order valence-electron chi connectivity index (χ4n) is 0.377. The van der Waals surface area contributed by atoms with Crippen molar-refractivity contribution >= 4 is 0 Å². The predicted octanol–water partition coefficient (Wildman–Crippen LogP) is -0.695. The van der Waals surface area contributed by atoms with Gasteiger partial charge in [-0.2, -0.15) is 5.26 Å².